The summed E-state index contributed by atoms with van der Waals surface area (Å²) < 4.78 is 0. The predicted octanol–water partition coefficient (Wildman–Crippen LogP) is 2.92. The number of nitrogens with two attached hydrogens (primary N) is 1. The van der Waals surface area contributed by atoms with E-state index in [-0.39, 0.29) is 0 Å². The van der Waals surface area contributed by atoms with Gasteiger partial charge in [0.05, 0.1) is 0 Å². The van der Waals surface area contributed by atoms with Crippen molar-refractivity contribution in [2.24, 2.45) is 23.5 Å². The van der Waals surface area contributed by atoms with E-state index in [0.717, 1.165) is 23.8 Å². The van der Waals surface area contributed by atoms with Crippen LogP contribution >= 0.6 is 0 Å². The van der Waals surface area contributed by atoms with Crippen LogP contribution in [0.15, 0.2) is 0 Å². The Bertz CT molecular complexity index is 213. The van der Waals surface area contributed by atoms with Crippen molar-refractivity contribution in [2.45, 2.75) is 70.4 Å². The lowest BCUT2D eigenvalue weighted by molar-refractivity contribution is 0.143. The Hall–Kier alpha value is -0.0800. The highest BCUT2D eigenvalue weighted by Gasteiger charge is 2.31. The maximum atomic E-state index is 6.00. The molecular formula is C15H30N2. The minimum Gasteiger partial charge on any atom is -0.328 e. The van der Waals surface area contributed by atoms with Gasteiger partial charge < -0.3 is 11.1 Å². The van der Waals surface area contributed by atoms with Crippen molar-refractivity contribution < 1.29 is 0 Å². The molecule has 1 atom stereocenters. The van der Waals surface area contributed by atoms with Crippen molar-refractivity contribution in [2.75, 3.05) is 7.05 Å². The molecule has 2 aliphatic rings. The van der Waals surface area contributed by atoms with Crippen LogP contribution < -0.4 is 11.1 Å². The third-order valence-corrected chi connectivity index (χ3v) is 5.48. The molecule has 0 aromatic rings. The number of hydrogen-bond donors (Lipinski definition) is 2. The molecule has 0 saturated heterocycles. The maximum Gasteiger partial charge on any atom is 0.00642 e. The zero-order valence-electron chi connectivity index (χ0n) is 11.6. The quantitative estimate of drug-likeness (QED) is 0.793. The van der Waals surface area contributed by atoms with Crippen molar-refractivity contribution in [3.8, 4) is 0 Å². The van der Waals surface area contributed by atoms with Gasteiger partial charge in [-0.05, 0) is 76.2 Å². The molecule has 2 fully saturated rings. The molecule has 17 heavy (non-hydrogen) atoms. The largest absolute Gasteiger partial charge is 0.328 e. The van der Waals surface area contributed by atoms with E-state index in [4.69, 9.17) is 5.73 Å². The summed E-state index contributed by atoms with van der Waals surface area (Å²) in [5.41, 5.74) is 6.00. The average Bonchev–Trinajstić information content (AvgIpc) is 2.39. The van der Waals surface area contributed by atoms with Gasteiger partial charge in [0.2, 0.25) is 0 Å². The molecule has 0 aliphatic heterocycles. The Morgan fingerprint density at radius 3 is 1.82 bits per heavy atom. The summed E-state index contributed by atoms with van der Waals surface area (Å²) in [6.45, 7) is 2.51. The van der Waals surface area contributed by atoms with E-state index in [1.807, 2.05) is 0 Å². The minimum absolute atomic E-state index is 0.499. The van der Waals surface area contributed by atoms with Crippen LogP contribution in [0.4, 0.5) is 0 Å². The van der Waals surface area contributed by atoms with E-state index in [9.17, 15) is 0 Å². The standard InChI is InChI=1S/C15H30N2/c1-11(12-3-7-14(16)8-4-12)13-5-9-15(17-2)10-6-13/h11-15,17H,3-10,16H2,1-2H3. The van der Waals surface area contributed by atoms with Crippen LogP contribution in [0.25, 0.3) is 0 Å². The molecule has 0 aromatic carbocycles. The van der Waals surface area contributed by atoms with Gasteiger partial charge in [-0.25, -0.2) is 0 Å². The molecule has 100 valence electrons. The fourth-order valence-electron chi connectivity index (χ4n) is 3.99. The van der Waals surface area contributed by atoms with E-state index in [1.54, 1.807) is 0 Å². The van der Waals surface area contributed by atoms with Gasteiger partial charge in [0, 0.05) is 12.1 Å². The fraction of sp³-hybridized carbons (Fsp3) is 1.00. The summed E-state index contributed by atoms with van der Waals surface area (Å²) in [6.07, 6.45) is 10.9. The molecule has 0 aromatic heterocycles. The molecule has 2 nitrogen and oxygen atoms in total. The second kappa shape index (κ2) is 6.19. The molecular weight excluding hydrogens is 208 g/mol. The molecule has 1 unspecified atom stereocenters. The summed E-state index contributed by atoms with van der Waals surface area (Å²) in [5.74, 6) is 2.88. The van der Waals surface area contributed by atoms with Gasteiger partial charge in [0.15, 0.2) is 0 Å². The maximum absolute atomic E-state index is 6.00. The van der Waals surface area contributed by atoms with Crippen LogP contribution in [0.3, 0.4) is 0 Å². The van der Waals surface area contributed by atoms with Crippen molar-refractivity contribution in [1.82, 2.24) is 5.32 Å². The van der Waals surface area contributed by atoms with Gasteiger partial charge in [0.25, 0.3) is 0 Å². The second-order valence-corrected chi connectivity index (χ2v) is 6.43. The van der Waals surface area contributed by atoms with Crippen molar-refractivity contribution >= 4 is 0 Å². The highest BCUT2D eigenvalue weighted by Crippen LogP contribution is 2.39. The lowest BCUT2D eigenvalue weighted by Gasteiger charge is -2.38. The Labute approximate surface area is 107 Å². The monoisotopic (exact) mass is 238 g/mol. The van der Waals surface area contributed by atoms with Crippen LogP contribution in [0.1, 0.15) is 58.3 Å². The van der Waals surface area contributed by atoms with Crippen LogP contribution in [0.2, 0.25) is 0 Å². The summed E-state index contributed by atoms with van der Waals surface area (Å²) in [4.78, 5) is 0. The second-order valence-electron chi connectivity index (χ2n) is 6.43. The third-order valence-electron chi connectivity index (χ3n) is 5.48. The van der Waals surface area contributed by atoms with Crippen LogP contribution in [0, 0.1) is 17.8 Å². The number of hydrogen-bond acceptors (Lipinski definition) is 2. The van der Waals surface area contributed by atoms with E-state index in [1.165, 1.54) is 51.4 Å². The van der Waals surface area contributed by atoms with E-state index in [0.29, 0.717) is 6.04 Å². The Kier molecular flexibility index (Phi) is 4.87. The topological polar surface area (TPSA) is 38.0 Å². The Morgan fingerprint density at radius 2 is 1.35 bits per heavy atom. The molecule has 2 saturated carbocycles. The van der Waals surface area contributed by atoms with Crippen LogP contribution in [-0.2, 0) is 0 Å². The smallest absolute Gasteiger partial charge is 0.00642 e. The minimum atomic E-state index is 0.499. The van der Waals surface area contributed by atoms with Gasteiger partial charge in [-0.2, -0.15) is 0 Å². The van der Waals surface area contributed by atoms with Gasteiger partial charge in [-0.1, -0.05) is 6.92 Å². The zero-order valence-corrected chi connectivity index (χ0v) is 11.6. The molecule has 0 heterocycles. The molecule has 0 spiro atoms. The van der Waals surface area contributed by atoms with Crippen LogP contribution in [-0.4, -0.2) is 19.1 Å². The summed E-state index contributed by atoms with van der Waals surface area (Å²) in [6, 6.07) is 1.29. The first-order valence-corrected chi connectivity index (χ1v) is 7.63. The van der Waals surface area contributed by atoms with Crippen molar-refractivity contribution in [3.05, 3.63) is 0 Å². The summed E-state index contributed by atoms with van der Waals surface area (Å²) in [5, 5.41) is 3.43. The Morgan fingerprint density at radius 1 is 0.882 bits per heavy atom. The molecule has 0 bridgehead atoms. The SMILES string of the molecule is CNC1CCC(C(C)C2CCC(N)CC2)CC1. The Balaban J connectivity index is 1.78. The van der Waals surface area contributed by atoms with E-state index < -0.39 is 0 Å². The lowest BCUT2D eigenvalue weighted by atomic mass is 9.69. The van der Waals surface area contributed by atoms with Crippen molar-refractivity contribution in [3.63, 3.8) is 0 Å². The molecule has 0 amide bonds. The molecule has 3 N–H and O–H groups in total. The van der Waals surface area contributed by atoms with Gasteiger partial charge in [-0.3, -0.25) is 0 Å². The highest BCUT2D eigenvalue weighted by atomic mass is 14.9. The first-order valence-electron chi connectivity index (χ1n) is 7.63. The van der Waals surface area contributed by atoms with Gasteiger partial charge >= 0.3 is 0 Å². The molecule has 2 heteroatoms. The van der Waals surface area contributed by atoms with Crippen LogP contribution in [0.5, 0.6) is 0 Å². The van der Waals surface area contributed by atoms with E-state index in [2.05, 4.69) is 19.3 Å². The van der Waals surface area contributed by atoms with Gasteiger partial charge in [0.1, 0.15) is 0 Å². The normalized spacial score (nSPS) is 41.1. The molecule has 2 aliphatic carbocycles. The first kappa shape index (κ1) is 13.4. The van der Waals surface area contributed by atoms with Crippen molar-refractivity contribution in [1.29, 1.82) is 0 Å². The molecule has 0 radical (unpaired) electrons. The molecule has 2 rings (SSSR count). The highest BCUT2D eigenvalue weighted by molar-refractivity contribution is 4.84. The lowest BCUT2D eigenvalue weighted by Crippen LogP contribution is -2.35. The summed E-state index contributed by atoms with van der Waals surface area (Å²) in [7, 11) is 2.11. The fourth-order valence-corrected chi connectivity index (χ4v) is 3.99. The van der Waals surface area contributed by atoms with E-state index >= 15 is 0 Å². The third kappa shape index (κ3) is 3.45. The summed E-state index contributed by atoms with van der Waals surface area (Å²) >= 11 is 0. The average molecular weight is 238 g/mol. The number of rotatable bonds is 3. The number of nitrogens with one attached hydrogen (secondary N) is 1. The zero-order chi connectivity index (χ0) is 12.3. The first-order chi connectivity index (χ1) is 8.20. The predicted molar refractivity (Wildman–Crippen MR) is 73.9 cm³/mol. The van der Waals surface area contributed by atoms with Gasteiger partial charge in [-0.15, -0.1) is 0 Å².